The van der Waals surface area contributed by atoms with Crippen LogP contribution in [0.3, 0.4) is 0 Å². The minimum atomic E-state index is -1.60. The van der Waals surface area contributed by atoms with Crippen molar-refractivity contribution in [3.63, 3.8) is 0 Å². The first-order valence-corrected chi connectivity index (χ1v) is 15.4. The Kier molecular flexibility index (Phi) is 13.3. The predicted octanol–water partition coefficient (Wildman–Crippen LogP) is 9.80. The highest BCUT2D eigenvalue weighted by molar-refractivity contribution is 5.99. The minimum absolute atomic E-state index is 0.0398. The van der Waals surface area contributed by atoms with Crippen LogP contribution in [-0.4, -0.2) is 35.4 Å². The third-order valence-electron chi connectivity index (χ3n) is 7.82. The van der Waals surface area contributed by atoms with Crippen LogP contribution in [0.2, 0.25) is 0 Å². The molecule has 0 amide bonds. The molecule has 0 saturated carbocycles. The molecule has 0 bridgehead atoms. The van der Waals surface area contributed by atoms with Crippen LogP contribution < -0.4 is 4.74 Å². The zero-order chi connectivity index (χ0) is 32.4. The molecule has 0 radical (unpaired) electrons. The van der Waals surface area contributed by atoms with Crippen LogP contribution in [0.4, 0.5) is 4.39 Å². The third kappa shape index (κ3) is 12.8. The van der Waals surface area contributed by atoms with Crippen molar-refractivity contribution in [2.75, 3.05) is 13.1 Å². The fraction of sp³-hybridized carbons (Fsp3) is 0.474. The molecule has 0 N–H and O–H groups in total. The van der Waals surface area contributed by atoms with E-state index in [4.69, 9.17) is 4.74 Å². The number of benzene rings is 3. The summed E-state index contributed by atoms with van der Waals surface area (Å²) in [4.78, 5) is 25.1. The molecule has 0 unspecified atom stereocenters. The van der Waals surface area contributed by atoms with Crippen LogP contribution in [0.5, 0.6) is 5.75 Å². The summed E-state index contributed by atoms with van der Waals surface area (Å²) in [5.74, 6) is -0.885. The van der Waals surface area contributed by atoms with E-state index < -0.39 is 5.85 Å². The number of carbonyl (C=O) groups is 2. The van der Waals surface area contributed by atoms with Crippen LogP contribution >= 0.6 is 0 Å². The van der Waals surface area contributed by atoms with E-state index in [1.54, 1.807) is 30.3 Å². The van der Waals surface area contributed by atoms with Crippen LogP contribution in [0.15, 0.2) is 60.7 Å². The molecule has 1 aliphatic rings. The highest BCUT2D eigenvalue weighted by Crippen LogP contribution is 2.30. The van der Waals surface area contributed by atoms with Crippen molar-refractivity contribution in [3.8, 4) is 5.75 Å². The number of carbonyl (C=O) groups excluding carboxylic acids is 2. The first-order chi connectivity index (χ1) is 20.0. The lowest BCUT2D eigenvalue weighted by Crippen LogP contribution is -2.36. The Labute approximate surface area is 259 Å². The van der Waals surface area contributed by atoms with Gasteiger partial charge in [0.05, 0.1) is 0 Å². The number of halogens is 1. The minimum Gasteiger partial charge on any atom is -0.459 e. The first kappa shape index (κ1) is 35.9. The van der Waals surface area contributed by atoms with E-state index in [0.717, 1.165) is 17.7 Å². The molecule has 0 aromatic heterocycles. The molecule has 0 spiro atoms. The average molecular weight is 590 g/mol. The SMILES string of the molecule is CCC(=O)c1ccc(C(C)=O)c(C)c1.Cc1ccc(CN2CCC(C)(C)CC2)cc1C.Cc1ccc(OC(C)(C)F)cc1. The number of ether oxygens (including phenoxy) is 1. The molecule has 0 aliphatic carbocycles. The molecule has 0 atom stereocenters. The molecule has 1 saturated heterocycles. The smallest absolute Gasteiger partial charge is 0.242 e. The number of rotatable bonds is 7. The maximum atomic E-state index is 13.0. The zero-order valence-corrected chi connectivity index (χ0v) is 28.1. The Morgan fingerprint density at radius 3 is 1.95 bits per heavy atom. The van der Waals surface area contributed by atoms with Crippen molar-refractivity contribution in [1.82, 2.24) is 4.90 Å². The Bertz CT molecular complexity index is 1340. The van der Waals surface area contributed by atoms with Crippen LogP contribution in [0, 0.1) is 33.1 Å². The quantitative estimate of drug-likeness (QED) is 0.257. The maximum absolute atomic E-state index is 13.0. The van der Waals surface area contributed by atoms with Crippen molar-refractivity contribution in [2.24, 2.45) is 5.41 Å². The molecule has 1 fully saturated rings. The number of likely N-dealkylation sites (tertiary alicyclic amines) is 1. The molecular weight excluding hydrogens is 537 g/mol. The Morgan fingerprint density at radius 1 is 0.860 bits per heavy atom. The topological polar surface area (TPSA) is 46.6 Å². The van der Waals surface area contributed by atoms with E-state index in [1.165, 1.54) is 63.4 Å². The number of hydrogen-bond acceptors (Lipinski definition) is 4. The summed E-state index contributed by atoms with van der Waals surface area (Å²) in [6.07, 6.45) is 3.16. The van der Waals surface area contributed by atoms with Gasteiger partial charge in [0, 0.05) is 37.9 Å². The van der Waals surface area contributed by atoms with E-state index >= 15 is 0 Å². The number of piperidine rings is 1. The normalized spacial score (nSPS) is 14.5. The summed E-state index contributed by atoms with van der Waals surface area (Å²) < 4.78 is 17.9. The lowest BCUT2D eigenvalue weighted by molar-refractivity contribution is -0.0257. The van der Waals surface area contributed by atoms with Gasteiger partial charge in [-0.2, -0.15) is 4.39 Å². The molecule has 43 heavy (non-hydrogen) atoms. The number of hydrogen-bond donors (Lipinski definition) is 0. The number of ketones is 2. The number of nitrogens with zero attached hydrogens (tertiary/aromatic N) is 1. The average Bonchev–Trinajstić information content (AvgIpc) is 2.92. The van der Waals surface area contributed by atoms with Gasteiger partial charge in [-0.05, 0) is 106 Å². The lowest BCUT2D eigenvalue weighted by atomic mass is 9.82. The number of aryl methyl sites for hydroxylation is 4. The lowest BCUT2D eigenvalue weighted by Gasteiger charge is -2.37. The Morgan fingerprint density at radius 2 is 1.47 bits per heavy atom. The van der Waals surface area contributed by atoms with Gasteiger partial charge in [0.2, 0.25) is 5.85 Å². The van der Waals surface area contributed by atoms with E-state index in [1.807, 2.05) is 32.9 Å². The first-order valence-electron chi connectivity index (χ1n) is 15.4. The number of Topliss-reactive ketones (excluding diaryl/α,β-unsaturated/α-hetero) is 2. The predicted molar refractivity (Wildman–Crippen MR) is 177 cm³/mol. The second-order valence-electron chi connectivity index (χ2n) is 13.0. The molecule has 1 heterocycles. The van der Waals surface area contributed by atoms with Crippen molar-refractivity contribution in [1.29, 1.82) is 0 Å². The van der Waals surface area contributed by atoms with Gasteiger partial charge in [-0.25, -0.2) is 0 Å². The monoisotopic (exact) mass is 589 g/mol. The summed E-state index contributed by atoms with van der Waals surface area (Å²) in [6, 6.07) is 19.4. The van der Waals surface area contributed by atoms with E-state index in [-0.39, 0.29) is 11.6 Å². The third-order valence-corrected chi connectivity index (χ3v) is 7.82. The molecule has 4 nitrogen and oxygen atoms in total. The van der Waals surface area contributed by atoms with Crippen LogP contribution in [0.1, 0.15) is 109 Å². The van der Waals surface area contributed by atoms with Gasteiger partial charge in [0.25, 0.3) is 0 Å². The summed E-state index contributed by atoms with van der Waals surface area (Å²) in [6.45, 7) is 22.7. The van der Waals surface area contributed by atoms with Gasteiger partial charge < -0.3 is 4.74 Å². The second-order valence-corrected chi connectivity index (χ2v) is 13.0. The Balaban J connectivity index is 0.000000229. The summed E-state index contributed by atoms with van der Waals surface area (Å²) >= 11 is 0. The fourth-order valence-corrected chi connectivity index (χ4v) is 4.80. The highest BCUT2D eigenvalue weighted by atomic mass is 19.2. The standard InChI is InChI=1S/C16H25N.C12H14O2.C10H13FO/c1-13-5-6-15(11-14(13)2)12-17-9-7-16(3,4)8-10-17;1-4-12(14)10-5-6-11(9(3)13)8(2)7-10;1-8-4-6-9(7-5-8)12-10(2,3)11/h5-6,11H,7-10,12H2,1-4H3;5-7H,4H2,1-3H3;4-7H,1-3H3. The van der Waals surface area contributed by atoms with Gasteiger partial charge in [-0.1, -0.05) is 68.8 Å². The van der Waals surface area contributed by atoms with E-state index in [0.29, 0.717) is 28.7 Å². The molecule has 4 rings (SSSR count). The van der Waals surface area contributed by atoms with Crippen LogP contribution in [-0.2, 0) is 6.54 Å². The zero-order valence-electron chi connectivity index (χ0n) is 28.1. The van der Waals surface area contributed by atoms with Crippen molar-refractivity contribution < 1.29 is 18.7 Å². The molecule has 234 valence electrons. The van der Waals surface area contributed by atoms with Gasteiger partial charge in [-0.3, -0.25) is 14.5 Å². The fourth-order valence-electron chi connectivity index (χ4n) is 4.80. The maximum Gasteiger partial charge on any atom is 0.242 e. The molecule has 1 aliphatic heterocycles. The van der Waals surface area contributed by atoms with E-state index in [2.05, 4.69) is 50.8 Å². The summed E-state index contributed by atoms with van der Waals surface area (Å²) in [5, 5.41) is 0. The van der Waals surface area contributed by atoms with E-state index in [9.17, 15) is 14.0 Å². The largest absolute Gasteiger partial charge is 0.459 e. The van der Waals surface area contributed by atoms with Crippen molar-refractivity contribution in [3.05, 3.63) is 99.6 Å². The summed E-state index contributed by atoms with van der Waals surface area (Å²) in [5.41, 5.74) is 8.23. The van der Waals surface area contributed by atoms with Crippen molar-refractivity contribution in [2.45, 2.75) is 101 Å². The highest BCUT2D eigenvalue weighted by Gasteiger charge is 2.25. The molecular formula is C38H52FNO3. The molecule has 3 aromatic carbocycles. The molecule has 5 heteroatoms. The van der Waals surface area contributed by atoms with Gasteiger partial charge >= 0.3 is 0 Å². The Hall–Kier alpha value is -3.31. The summed E-state index contributed by atoms with van der Waals surface area (Å²) in [7, 11) is 0. The van der Waals surface area contributed by atoms with Gasteiger partial charge in [-0.15, -0.1) is 0 Å². The number of alkyl halides is 1. The van der Waals surface area contributed by atoms with Gasteiger partial charge in [0.15, 0.2) is 11.6 Å². The van der Waals surface area contributed by atoms with Gasteiger partial charge in [0.1, 0.15) is 5.75 Å². The van der Waals surface area contributed by atoms with Crippen LogP contribution in [0.25, 0.3) is 0 Å². The second kappa shape index (κ2) is 16.0. The molecule has 3 aromatic rings. The van der Waals surface area contributed by atoms with Crippen molar-refractivity contribution >= 4 is 11.6 Å².